The molecule has 0 fully saturated rings. The van der Waals surface area contributed by atoms with E-state index in [0.717, 1.165) is 12.8 Å². The van der Waals surface area contributed by atoms with E-state index in [2.05, 4.69) is 6.92 Å². The zero-order chi connectivity index (χ0) is 17.8. The van der Waals surface area contributed by atoms with Gasteiger partial charge < -0.3 is 15.3 Å². The number of aromatic carboxylic acids is 1. The maximum Gasteiger partial charge on any atom is 0.339 e. The minimum Gasteiger partial charge on any atom is -0.504 e. The Labute approximate surface area is 145 Å². The van der Waals surface area contributed by atoms with Crippen molar-refractivity contribution in [2.45, 2.75) is 84.0 Å². The highest BCUT2D eigenvalue weighted by Crippen LogP contribution is 2.33. The fraction of sp³-hybridized carbons (Fsp3) is 0.650. The molecule has 0 radical (unpaired) electrons. The summed E-state index contributed by atoms with van der Waals surface area (Å²) in [6, 6.07) is 2.94. The maximum absolute atomic E-state index is 10.9. The predicted molar refractivity (Wildman–Crippen MR) is 96.9 cm³/mol. The molecule has 0 aliphatic rings. The molecule has 4 nitrogen and oxygen atoms in total. The van der Waals surface area contributed by atoms with Crippen LogP contribution in [0.5, 0.6) is 11.5 Å². The van der Waals surface area contributed by atoms with Crippen molar-refractivity contribution in [2.24, 2.45) is 0 Å². The summed E-state index contributed by atoms with van der Waals surface area (Å²) in [4.78, 5) is 10.9. The molecular weight excluding hydrogens is 304 g/mol. The molecule has 0 bridgehead atoms. The zero-order valence-corrected chi connectivity index (χ0v) is 14.9. The highest BCUT2D eigenvalue weighted by molar-refractivity contribution is 5.92. The molecule has 0 unspecified atom stereocenters. The summed E-state index contributed by atoms with van der Waals surface area (Å²) in [5.74, 6) is -2.05. The van der Waals surface area contributed by atoms with Gasteiger partial charge in [0, 0.05) is 0 Å². The van der Waals surface area contributed by atoms with E-state index < -0.39 is 11.7 Å². The van der Waals surface area contributed by atoms with Crippen LogP contribution in [0.15, 0.2) is 12.1 Å². The number of carbonyl (C=O) groups is 1. The molecule has 1 rings (SSSR count). The SMILES string of the molecule is CCCCCCCCCCCCCc1ccc(C(=O)O)c(O)c1O. The number of hydrogen-bond donors (Lipinski definition) is 3. The van der Waals surface area contributed by atoms with E-state index in [0.29, 0.717) is 12.0 Å². The number of carboxylic acids is 1. The Hall–Kier alpha value is -1.71. The zero-order valence-electron chi connectivity index (χ0n) is 14.9. The first-order valence-electron chi connectivity index (χ1n) is 9.35. The molecule has 1 aromatic rings. The summed E-state index contributed by atoms with van der Waals surface area (Å²) in [6.07, 6.45) is 14.5. The fourth-order valence-electron chi connectivity index (χ4n) is 2.98. The number of benzene rings is 1. The molecule has 0 heterocycles. The van der Waals surface area contributed by atoms with Crippen molar-refractivity contribution in [3.8, 4) is 11.5 Å². The average molecular weight is 336 g/mol. The van der Waals surface area contributed by atoms with Gasteiger partial charge in [-0.1, -0.05) is 77.2 Å². The maximum atomic E-state index is 10.9. The lowest BCUT2D eigenvalue weighted by atomic mass is 10.0. The molecule has 4 heteroatoms. The molecule has 3 N–H and O–H groups in total. The Morgan fingerprint density at radius 2 is 1.29 bits per heavy atom. The quantitative estimate of drug-likeness (QED) is 0.321. The first kappa shape index (κ1) is 20.3. The third-order valence-electron chi connectivity index (χ3n) is 4.51. The monoisotopic (exact) mass is 336 g/mol. The van der Waals surface area contributed by atoms with Crippen LogP contribution in [0.1, 0.15) is 93.5 Å². The molecular formula is C20H32O4. The Kier molecular flexibility index (Phi) is 9.97. The molecule has 1 aromatic carbocycles. The molecule has 0 spiro atoms. The third-order valence-corrected chi connectivity index (χ3v) is 4.51. The topological polar surface area (TPSA) is 77.8 Å². The van der Waals surface area contributed by atoms with Crippen molar-refractivity contribution in [3.05, 3.63) is 23.3 Å². The molecule has 0 saturated carbocycles. The van der Waals surface area contributed by atoms with Crippen molar-refractivity contribution >= 4 is 5.97 Å². The van der Waals surface area contributed by atoms with Crippen molar-refractivity contribution < 1.29 is 20.1 Å². The summed E-state index contributed by atoms with van der Waals surface area (Å²) in [7, 11) is 0. The van der Waals surface area contributed by atoms with Crippen molar-refractivity contribution in [2.75, 3.05) is 0 Å². The van der Waals surface area contributed by atoms with Crippen LogP contribution >= 0.6 is 0 Å². The molecule has 0 amide bonds. The van der Waals surface area contributed by atoms with E-state index in [9.17, 15) is 15.0 Å². The van der Waals surface area contributed by atoms with Crippen LogP contribution in [0, 0.1) is 0 Å². The standard InChI is InChI=1S/C20H32O4/c1-2-3-4-5-6-7-8-9-10-11-12-13-16-14-15-17(20(23)24)19(22)18(16)21/h14-15,21-22H,2-13H2,1H3,(H,23,24). The fourth-order valence-corrected chi connectivity index (χ4v) is 2.98. The summed E-state index contributed by atoms with van der Waals surface area (Å²) in [5, 5.41) is 28.5. The smallest absolute Gasteiger partial charge is 0.339 e. The minimum absolute atomic E-state index is 0.254. The molecule has 24 heavy (non-hydrogen) atoms. The van der Waals surface area contributed by atoms with Gasteiger partial charge in [0.15, 0.2) is 11.5 Å². The number of hydrogen-bond acceptors (Lipinski definition) is 3. The van der Waals surface area contributed by atoms with Crippen LogP contribution in [0.2, 0.25) is 0 Å². The first-order valence-corrected chi connectivity index (χ1v) is 9.35. The lowest BCUT2D eigenvalue weighted by molar-refractivity contribution is 0.0693. The van der Waals surface area contributed by atoms with Crippen LogP contribution in [0.4, 0.5) is 0 Å². The number of rotatable bonds is 13. The molecule has 0 aliphatic carbocycles. The minimum atomic E-state index is -1.23. The van der Waals surface area contributed by atoms with Gasteiger partial charge in [0.05, 0.1) is 0 Å². The third kappa shape index (κ3) is 7.24. The van der Waals surface area contributed by atoms with Gasteiger partial charge in [0.1, 0.15) is 5.56 Å². The molecule has 136 valence electrons. The molecule has 0 atom stereocenters. The lowest BCUT2D eigenvalue weighted by Gasteiger charge is -2.08. The van der Waals surface area contributed by atoms with Gasteiger partial charge in [-0.3, -0.25) is 0 Å². The predicted octanol–water partition coefficient (Wildman–Crippen LogP) is 5.65. The van der Waals surface area contributed by atoms with Gasteiger partial charge in [0.25, 0.3) is 0 Å². The van der Waals surface area contributed by atoms with Crippen molar-refractivity contribution in [1.29, 1.82) is 0 Å². The average Bonchev–Trinajstić information content (AvgIpc) is 2.56. The number of phenolic OH excluding ortho intramolecular Hbond substituents is 1. The molecule has 0 saturated heterocycles. The molecule has 0 aromatic heterocycles. The Balaban J connectivity index is 2.13. The lowest BCUT2D eigenvalue weighted by Crippen LogP contribution is -1.98. The number of carboxylic acid groups (broad SMARTS) is 1. The first-order chi connectivity index (χ1) is 11.6. The van der Waals surface area contributed by atoms with E-state index >= 15 is 0 Å². The van der Waals surface area contributed by atoms with Gasteiger partial charge in [-0.05, 0) is 24.5 Å². The van der Waals surface area contributed by atoms with E-state index in [-0.39, 0.29) is 11.3 Å². The van der Waals surface area contributed by atoms with Crippen molar-refractivity contribution in [3.63, 3.8) is 0 Å². The largest absolute Gasteiger partial charge is 0.504 e. The van der Waals surface area contributed by atoms with Gasteiger partial charge in [-0.15, -0.1) is 0 Å². The highest BCUT2D eigenvalue weighted by atomic mass is 16.4. The normalized spacial score (nSPS) is 10.9. The number of phenols is 2. The van der Waals surface area contributed by atoms with Crippen LogP contribution in [-0.2, 0) is 6.42 Å². The van der Waals surface area contributed by atoms with Crippen LogP contribution in [0.25, 0.3) is 0 Å². The van der Waals surface area contributed by atoms with E-state index in [1.807, 2.05) is 0 Å². The molecule has 0 aliphatic heterocycles. The Morgan fingerprint density at radius 3 is 1.79 bits per heavy atom. The van der Waals surface area contributed by atoms with E-state index in [4.69, 9.17) is 5.11 Å². The number of aromatic hydroxyl groups is 2. The van der Waals surface area contributed by atoms with Crippen LogP contribution < -0.4 is 0 Å². The van der Waals surface area contributed by atoms with Crippen LogP contribution in [-0.4, -0.2) is 21.3 Å². The number of aryl methyl sites for hydroxylation is 1. The second-order valence-electron chi connectivity index (χ2n) is 6.56. The summed E-state index contributed by atoms with van der Waals surface area (Å²) in [5.41, 5.74) is 0.364. The van der Waals surface area contributed by atoms with Gasteiger partial charge >= 0.3 is 5.97 Å². The Morgan fingerprint density at radius 1 is 0.792 bits per heavy atom. The van der Waals surface area contributed by atoms with E-state index in [1.54, 1.807) is 6.07 Å². The van der Waals surface area contributed by atoms with E-state index in [1.165, 1.54) is 63.9 Å². The van der Waals surface area contributed by atoms with Gasteiger partial charge in [0.2, 0.25) is 0 Å². The summed E-state index contributed by atoms with van der Waals surface area (Å²) in [6.45, 7) is 2.24. The van der Waals surface area contributed by atoms with Gasteiger partial charge in [-0.2, -0.15) is 0 Å². The van der Waals surface area contributed by atoms with Gasteiger partial charge in [-0.25, -0.2) is 4.79 Å². The summed E-state index contributed by atoms with van der Waals surface area (Å²) < 4.78 is 0. The second kappa shape index (κ2) is 11.8. The Bertz CT molecular complexity index is 497. The highest BCUT2D eigenvalue weighted by Gasteiger charge is 2.16. The van der Waals surface area contributed by atoms with Crippen LogP contribution in [0.3, 0.4) is 0 Å². The van der Waals surface area contributed by atoms with Crippen molar-refractivity contribution in [1.82, 2.24) is 0 Å². The number of unbranched alkanes of at least 4 members (excludes halogenated alkanes) is 10. The summed E-state index contributed by atoms with van der Waals surface area (Å²) >= 11 is 0. The second-order valence-corrected chi connectivity index (χ2v) is 6.56.